The van der Waals surface area contributed by atoms with Gasteiger partial charge in [-0.1, -0.05) is 0 Å². The summed E-state index contributed by atoms with van der Waals surface area (Å²) in [6, 6.07) is 5.13. The Morgan fingerprint density at radius 1 is 1.38 bits per heavy atom. The summed E-state index contributed by atoms with van der Waals surface area (Å²) in [4.78, 5) is 35.0. The van der Waals surface area contributed by atoms with Crippen molar-refractivity contribution in [2.24, 2.45) is 4.99 Å². The van der Waals surface area contributed by atoms with Crippen LogP contribution in [0.25, 0.3) is 5.69 Å². The van der Waals surface area contributed by atoms with Gasteiger partial charge in [-0.3, -0.25) is 9.36 Å². The van der Waals surface area contributed by atoms with E-state index in [0.29, 0.717) is 22.6 Å². The number of aliphatic imine (C=N–C) groups is 1. The molecule has 7 nitrogen and oxygen atoms in total. The number of thiocarbonyl (C=S) groups is 1. The lowest BCUT2D eigenvalue weighted by molar-refractivity contribution is 0.00608. The van der Waals surface area contributed by atoms with Gasteiger partial charge in [0.25, 0.3) is 5.91 Å². The van der Waals surface area contributed by atoms with Crippen molar-refractivity contribution in [1.82, 2.24) is 14.5 Å². The van der Waals surface area contributed by atoms with Crippen LogP contribution in [0.5, 0.6) is 0 Å². The average Bonchev–Trinajstić information content (AvgIpc) is 2.92. The third-order valence-electron chi connectivity index (χ3n) is 3.84. The van der Waals surface area contributed by atoms with Crippen molar-refractivity contribution >= 4 is 34.9 Å². The van der Waals surface area contributed by atoms with Gasteiger partial charge in [0.2, 0.25) is 0 Å². The Morgan fingerprint density at radius 2 is 2.12 bits per heavy atom. The van der Waals surface area contributed by atoms with Gasteiger partial charge >= 0.3 is 5.97 Å². The summed E-state index contributed by atoms with van der Waals surface area (Å²) in [7, 11) is 1.67. The molecule has 26 heavy (non-hydrogen) atoms. The summed E-state index contributed by atoms with van der Waals surface area (Å²) in [5, 5.41) is 2.30. The smallest absolute Gasteiger partial charge is 0.359 e. The van der Waals surface area contributed by atoms with E-state index in [-0.39, 0.29) is 18.1 Å². The number of isothiocyanates is 1. The number of esters is 1. The summed E-state index contributed by atoms with van der Waals surface area (Å²) >= 11 is 4.63. The van der Waals surface area contributed by atoms with Crippen LogP contribution in [0.3, 0.4) is 0 Å². The molecule has 0 saturated carbocycles. The molecule has 0 aliphatic carbocycles. The van der Waals surface area contributed by atoms with E-state index >= 15 is 0 Å². The molecular weight excluding hydrogens is 352 g/mol. The Morgan fingerprint density at radius 3 is 2.77 bits per heavy atom. The first kappa shape index (κ1) is 18.0. The molecule has 1 aromatic heterocycles. The van der Waals surface area contributed by atoms with Gasteiger partial charge < -0.3 is 9.64 Å². The number of imidazole rings is 1. The van der Waals surface area contributed by atoms with E-state index < -0.39 is 11.6 Å². The van der Waals surface area contributed by atoms with Crippen LogP contribution in [0, 0.1) is 0 Å². The molecule has 0 N–H and O–H groups in total. The molecule has 1 aliphatic rings. The Kier molecular flexibility index (Phi) is 4.48. The van der Waals surface area contributed by atoms with E-state index in [2.05, 4.69) is 27.4 Å². The van der Waals surface area contributed by atoms with Crippen LogP contribution < -0.4 is 0 Å². The van der Waals surface area contributed by atoms with Crippen molar-refractivity contribution in [3.05, 3.63) is 41.5 Å². The lowest BCUT2D eigenvalue weighted by atomic mass is 10.1. The lowest BCUT2D eigenvalue weighted by Gasteiger charge is -2.19. The van der Waals surface area contributed by atoms with E-state index in [4.69, 9.17) is 4.74 Å². The molecule has 2 aromatic rings. The topological polar surface area (TPSA) is 76.8 Å². The first-order valence-corrected chi connectivity index (χ1v) is 8.39. The molecule has 0 spiro atoms. The second kappa shape index (κ2) is 6.48. The quantitative estimate of drug-likeness (QED) is 0.461. The predicted molar refractivity (Wildman–Crippen MR) is 99.2 cm³/mol. The number of fused-ring (bicyclic) bond motifs is 3. The number of amides is 1. The van der Waals surface area contributed by atoms with Gasteiger partial charge in [-0.05, 0) is 51.2 Å². The van der Waals surface area contributed by atoms with Crippen LogP contribution in [-0.4, -0.2) is 44.1 Å². The summed E-state index contributed by atoms with van der Waals surface area (Å²) in [6.45, 7) is 5.61. The Hall–Kier alpha value is -2.83. The van der Waals surface area contributed by atoms with Gasteiger partial charge in [0, 0.05) is 7.05 Å². The molecule has 3 rings (SSSR count). The lowest BCUT2D eigenvalue weighted by Crippen LogP contribution is -2.27. The molecule has 1 amide bonds. The third kappa shape index (κ3) is 3.29. The summed E-state index contributed by atoms with van der Waals surface area (Å²) < 4.78 is 7.17. The maximum absolute atomic E-state index is 12.8. The minimum Gasteiger partial charge on any atom is -0.455 e. The molecule has 1 aromatic carbocycles. The zero-order chi connectivity index (χ0) is 19.1. The first-order valence-electron chi connectivity index (χ1n) is 7.98. The van der Waals surface area contributed by atoms with Gasteiger partial charge in [0.05, 0.1) is 34.3 Å². The maximum atomic E-state index is 12.8. The minimum absolute atomic E-state index is 0.180. The van der Waals surface area contributed by atoms with Crippen LogP contribution in [0.15, 0.2) is 29.5 Å². The van der Waals surface area contributed by atoms with Crippen LogP contribution in [0.1, 0.15) is 47.3 Å². The molecule has 0 bridgehead atoms. The number of carbonyl (C=O) groups is 2. The number of rotatable bonds is 2. The third-order valence-corrected chi connectivity index (χ3v) is 3.93. The van der Waals surface area contributed by atoms with Gasteiger partial charge in [-0.15, -0.1) is 0 Å². The fourth-order valence-corrected chi connectivity index (χ4v) is 2.86. The van der Waals surface area contributed by atoms with Gasteiger partial charge in [0.15, 0.2) is 5.69 Å². The zero-order valence-corrected chi connectivity index (χ0v) is 15.8. The monoisotopic (exact) mass is 370 g/mol. The molecule has 0 atom stereocenters. The number of hydrogen-bond donors (Lipinski definition) is 0. The molecular formula is C18H18N4O3S. The molecule has 0 radical (unpaired) electrons. The van der Waals surface area contributed by atoms with Crippen LogP contribution >= 0.6 is 12.2 Å². The largest absolute Gasteiger partial charge is 0.455 e. The first-order chi connectivity index (χ1) is 12.2. The standard InChI is InChI=1S/C18H18N4O3S/c1-18(2,3)25-17(24)15-14-8-21(4)16(23)12-7-11(20-10-26)5-6-13(12)22(14)9-19-15/h5-7,9H,8H2,1-4H3. The summed E-state index contributed by atoms with van der Waals surface area (Å²) in [5.41, 5.74) is 1.78. The highest BCUT2D eigenvalue weighted by molar-refractivity contribution is 7.78. The Bertz CT molecular complexity index is 952. The highest BCUT2D eigenvalue weighted by Gasteiger charge is 2.30. The van der Waals surface area contributed by atoms with Crippen LogP contribution in [0.4, 0.5) is 5.69 Å². The van der Waals surface area contributed by atoms with Crippen LogP contribution in [0.2, 0.25) is 0 Å². The van der Waals surface area contributed by atoms with Crippen molar-refractivity contribution < 1.29 is 14.3 Å². The second-order valence-electron chi connectivity index (χ2n) is 6.98. The van der Waals surface area contributed by atoms with Gasteiger partial charge in [0.1, 0.15) is 11.9 Å². The fourth-order valence-electron chi connectivity index (χ4n) is 2.76. The van der Waals surface area contributed by atoms with E-state index in [0.717, 1.165) is 0 Å². The maximum Gasteiger partial charge on any atom is 0.359 e. The number of aromatic nitrogens is 2. The van der Waals surface area contributed by atoms with E-state index in [1.165, 1.54) is 11.2 Å². The highest BCUT2D eigenvalue weighted by Crippen LogP contribution is 2.29. The number of hydrogen-bond acceptors (Lipinski definition) is 6. The van der Waals surface area contributed by atoms with Crippen LogP contribution in [-0.2, 0) is 11.3 Å². The van der Waals surface area contributed by atoms with Crippen molar-refractivity contribution in [2.45, 2.75) is 32.9 Å². The zero-order valence-electron chi connectivity index (χ0n) is 14.9. The SMILES string of the molecule is CN1Cc2c(C(=O)OC(C)(C)C)ncn2-c2ccc(N=C=S)cc2C1=O. The number of carbonyl (C=O) groups excluding carboxylic acids is 2. The molecule has 2 heterocycles. The summed E-state index contributed by atoms with van der Waals surface area (Å²) in [6.07, 6.45) is 1.53. The van der Waals surface area contributed by atoms with Gasteiger partial charge in [-0.25, -0.2) is 9.78 Å². The number of ether oxygens (including phenoxy) is 1. The minimum atomic E-state index is -0.633. The van der Waals surface area contributed by atoms with E-state index in [9.17, 15) is 9.59 Å². The fraction of sp³-hybridized carbons (Fsp3) is 0.333. The van der Waals surface area contributed by atoms with Crippen molar-refractivity contribution in [3.63, 3.8) is 0 Å². The molecule has 0 fully saturated rings. The number of nitrogens with zero attached hydrogens (tertiary/aromatic N) is 4. The molecule has 0 unspecified atom stereocenters. The summed E-state index contributed by atoms with van der Waals surface area (Å²) in [5.74, 6) is -0.697. The Balaban J connectivity index is 2.14. The highest BCUT2D eigenvalue weighted by atomic mass is 32.1. The van der Waals surface area contributed by atoms with Gasteiger partial charge in [-0.2, -0.15) is 4.99 Å². The molecule has 0 saturated heterocycles. The van der Waals surface area contributed by atoms with Crippen molar-refractivity contribution in [3.8, 4) is 5.69 Å². The average molecular weight is 370 g/mol. The normalized spacial score (nSPS) is 13.4. The van der Waals surface area contributed by atoms with E-state index in [1.807, 2.05) is 0 Å². The van der Waals surface area contributed by atoms with Crippen molar-refractivity contribution in [2.75, 3.05) is 7.05 Å². The molecule has 1 aliphatic heterocycles. The molecule has 134 valence electrons. The predicted octanol–water partition coefficient (Wildman–Crippen LogP) is 3.15. The Labute approximate surface area is 156 Å². The molecule has 8 heteroatoms. The van der Waals surface area contributed by atoms with E-state index in [1.54, 1.807) is 50.6 Å². The second-order valence-corrected chi connectivity index (χ2v) is 7.16. The van der Waals surface area contributed by atoms with Crippen molar-refractivity contribution in [1.29, 1.82) is 0 Å². The number of benzene rings is 1.